The lowest BCUT2D eigenvalue weighted by Crippen LogP contribution is -2.45. The van der Waals surface area contributed by atoms with E-state index in [4.69, 9.17) is 18.3 Å². The van der Waals surface area contributed by atoms with Crippen molar-refractivity contribution in [3.8, 4) is 5.75 Å². The number of allylic oxidation sites excluding steroid dienone is 2. The van der Waals surface area contributed by atoms with Gasteiger partial charge in [-0.1, -0.05) is 71.9 Å². The highest BCUT2D eigenvalue weighted by atomic mass is 28.4. The summed E-state index contributed by atoms with van der Waals surface area (Å²) in [5, 5.41) is -0.132. The third-order valence-electron chi connectivity index (χ3n) is 9.77. The Labute approximate surface area is 277 Å². The zero-order valence-electron chi connectivity index (χ0n) is 29.6. The predicted octanol–water partition coefficient (Wildman–Crippen LogP) is 10.5. The molecule has 1 aliphatic carbocycles. The van der Waals surface area contributed by atoms with Crippen LogP contribution in [0.15, 0.2) is 61.7 Å². The third-order valence-corrected chi connectivity index (χ3v) is 18.8. The summed E-state index contributed by atoms with van der Waals surface area (Å²) in [6.45, 7) is 29.4. The molecular weight excluding hydrogens is 626 g/mol. The molecule has 1 saturated carbocycles. The Morgan fingerprint density at radius 1 is 0.978 bits per heavy atom. The second kappa shape index (κ2) is 15.8. The molecule has 0 amide bonds. The SMILES string of the molecule is C=CCCC(=O)O[C@H]1CC(O[Si](C)(C)C(C)(C)C)[C@H](/C=C/[C@H](COc2cccc(C(F)(F)F)c2)O[Si](C)(C)C(C)(C)C)[C@H]1CC=C. The number of esters is 1. The first-order chi connectivity index (χ1) is 21.0. The van der Waals surface area contributed by atoms with Gasteiger partial charge in [0.2, 0.25) is 0 Å². The Bertz CT molecular complexity index is 1200. The Morgan fingerprint density at radius 2 is 1.61 bits per heavy atom. The first-order valence-corrected chi connectivity index (χ1v) is 22.1. The second-order valence-electron chi connectivity index (χ2n) is 15.4. The topological polar surface area (TPSA) is 54.0 Å². The van der Waals surface area contributed by atoms with Crippen molar-refractivity contribution in [2.45, 2.75) is 128 Å². The summed E-state index contributed by atoms with van der Waals surface area (Å²) >= 11 is 0. The number of alkyl halides is 3. The highest BCUT2D eigenvalue weighted by Gasteiger charge is 2.49. The molecular formula is C36H57F3O5Si2. The highest BCUT2D eigenvalue weighted by molar-refractivity contribution is 6.74. The predicted molar refractivity (Wildman–Crippen MR) is 186 cm³/mol. The third kappa shape index (κ3) is 11.2. The number of carbonyl (C=O) groups is 1. The van der Waals surface area contributed by atoms with Gasteiger partial charge in [0.1, 0.15) is 18.5 Å². The van der Waals surface area contributed by atoms with E-state index >= 15 is 0 Å². The van der Waals surface area contributed by atoms with E-state index in [-0.39, 0.29) is 58.9 Å². The fourth-order valence-corrected chi connectivity index (χ4v) is 7.62. The maximum Gasteiger partial charge on any atom is 0.416 e. The number of hydrogen-bond acceptors (Lipinski definition) is 5. The lowest BCUT2D eigenvalue weighted by molar-refractivity contribution is -0.151. The summed E-state index contributed by atoms with van der Waals surface area (Å²) in [6.07, 6.45) is 4.09. The number of hydrogen-bond donors (Lipinski definition) is 0. The minimum Gasteiger partial charge on any atom is -0.491 e. The molecule has 1 unspecified atom stereocenters. The Kier molecular flexibility index (Phi) is 13.8. The van der Waals surface area contributed by atoms with Crippen LogP contribution in [0.4, 0.5) is 13.2 Å². The van der Waals surface area contributed by atoms with Gasteiger partial charge in [-0.3, -0.25) is 4.79 Å². The quantitative estimate of drug-likeness (QED) is 0.105. The molecule has 5 nitrogen and oxygen atoms in total. The molecule has 1 aromatic rings. The van der Waals surface area contributed by atoms with E-state index in [1.54, 1.807) is 6.08 Å². The average Bonchev–Trinajstić information content (AvgIpc) is 3.21. The normalized spacial score (nSPS) is 22.1. The van der Waals surface area contributed by atoms with Crippen LogP contribution in [-0.4, -0.2) is 47.5 Å². The van der Waals surface area contributed by atoms with Crippen molar-refractivity contribution < 1.29 is 36.3 Å². The molecule has 1 aromatic carbocycles. The van der Waals surface area contributed by atoms with Crippen molar-refractivity contribution in [1.29, 1.82) is 0 Å². The summed E-state index contributed by atoms with van der Waals surface area (Å²) in [5.41, 5.74) is -0.764. The van der Waals surface area contributed by atoms with Crippen LogP contribution in [0.3, 0.4) is 0 Å². The van der Waals surface area contributed by atoms with Crippen LogP contribution in [0.1, 0.15) is 72.8 Å². The molecule has 46 heavy (non-hydrogen) atoms. The van der Waals surface area contributed by atoms with Crippen molar-refractivity contribution in [3.05, 3.63) is 67.3 Å². The highest BCUT2D eigenvalue weighted by Crippen LogP contribution is 2.45. The van der Waals surface area contributed by atoms with Gasteiger partial charge < -0.3 is 18.3 Å². The van der Waals surface area contributed by atoms with Crippen LogP contribution >= 0.6 is 0 Å². The summed E-state index contributed by atoms with van der Waals surface area (Å²) in [4.78, 5) is 12.7. The van der Waals surface area contributed by atoms with Crippen LogP contribution < -0.4 is 4.74 Å². The molecule has 5 atom stereocenters. The van der Waals surface area contributed by atoms with E-state index < -0.39 is 34.5 Å². The number of carbonyl (C=O) groups excluding carboxylic acids is 1. The van der Waals surface area contributed by atoms with Gasteiger partial charge in [0, 0.05) is 24.7 Å². The van der Waals surface area contributed by atoms with Crippen molar-refractivity contribution in [1.82, 2.24) is 0 Å². The van der Waals surface area contributed by atoms with Gasteiger partial charge in [-0.2, -0.15) is 13.2 Å². The van der Waals surface area contributed by atoms with E-state index in [9.17, 15) is 18.0 Å². The first kappa shape index (κ1) is 40.0. The number of benzene rings is 1. The van der Waals surface area contributed by atoms with Crippen molar-refractivity contribution in [2.24, 2.45) is 11.8 Å². The Hall–Kier alpha value is -2.15. The van der Waals surface area contributed by atoms with Gasteiger partial charge in [-0.15, -0.1) is 13.2 Å². The minimum atomic E-state index is -4.47. The summed E-state index contributed by atoms with van der Waals surface area (Å²) in [7, 11) is -4.52. The number of halogens is 3. The number of rotatable bonds is 15. The Balaban J connectivity index is 2.49. The van der Waals surface area contributed by atoms with E-state index in [0.717, 1.165) is 12.1 Å². The lowest BCUT2D eigenvalue weighted by atomic mass is 9.90. The van der Waals surface area contributed by atoms with E-state index in [1.165, 1.54) is 12.1 Å². The molecule has 260 valence electrons. The molecule has 1 aliphatic rings. The van der Waals surface area contributed by atoms with Crippen molar-refractivity contribution >= 4 is 22.6 Å². The largest absolute Gasteiger partial charge is 0.491 e. The molecule has 0 heterocycles. The molecule has 0 spiro atoms. The van der Waals surface area contributed by atoms with Crippen LogP contribution in [0.5, 0.6) is 5.75 Å². The molecule has 2 rings (SSSR count). The van der Waals surface area contributed by atoms with Crippen molar-refractivity contribution in [3.63, 3.8) is 0 Å². The molecule has 0 bridgehead atoms. The van der Waals surface area contributed by atoms with Crippen LogP contribution in [-0.2, 0) is 24.6 Å². The zero-order valence-corrected chi connectivity index (χ0v) is 31.6. The van der Waals surface area contributed by atoms with Crippen LogP contribution in [0.25, 0.3) is 0 Å². The van der Waals surface area contributed by atoms with Gasteiger partial charge >= 0.3 is 12.1 Å². The van der Waals surface area contributed by atoms with E-state index in [0.29, 0.717) is 19.3 Å². The van der Waals surface area contributed by atoms with Crippen LogP contribution in [0, 0.1) is 11.8 Å². The summed E-state index contributed by atoms with van der Waals surface area (Å²) in [6, 6.07) is 4.90. The molecule has 1 fully saturated rings. The first-order valence-electron chi connectivity index (χ1n) is 16.3. The van der Waals surface area contributed by atoms with Gasteiger partial charge in [0.15, 0.2) is 16.6 Å². The molecule has 10 heteroatoms. The summed E-state index contributed by atoms with van der Waals surface area (Å²) in [5.74, 6) is -0.302. The lowest BCUT2D eigenvalue weighted by Gasteiger charge is -2.40. The fraction of sp³-hybridized carbons (Fsp3) is 0.639. The van der Waals surface area contributed by atoms with Crippen molar-refractivity contribution in [2.75, 3.05) is 6.61 Å². The standard InChI is InChI=1S/C36H57F3O5Si2/c1-13-15-20-33(40)42-31-24-32(44-46(11,12)35(6,7)8)30(29(31)17-14-2)22-21-28(43-45(9,10)34(3,4)5)25-41-27-19-16-18-26(23-27)36(37,38)39/h13-14,16,18-19,21-23,28-32H,1-2,15,17,20,24-25H2,3-12H3/b22-21+/t28-,29-,30-,31+,32?/m1/s1. The van der Waals surface area contributed by atoms with Gasteiger partial charge in [-0.05, 0) is 67.3 Å². The van der Waals surface area contributed by atoms with E-state index in [2.05, 4.69) is 87.0 Å². The molecule has 0 radical (unpaired) electrons. The second-order valence-corrected chi connectivity index (χ2v) is 24.9. The molecule has 0 saturated heterocycles. The maximum absolute atomic E-state index is 13.4. The minimum absolute atomic E-state index is 0.0271. The monoisotopic (exact) mass is 682 g/mol. The maximum atomic E-state index is 13.4. The molecule has 0 aromatic heterocycles. The van der Waals surface area contributed by atoms with E-state index in [1.807, 2.05) is 12.2 Å². The summed E-state index contributed by atoms with van der Waals surface area (Å²) < 4.78 is 65.9. The fourth-order valence-electron chi connectivity index (χ4n) is 4.99. The van der Waals surface area contributed by atoms with Gasteiger partial charge in [0.25, 0.3) is 0 Å². The van der Waals surface area contributed by atoms with Gasteiger partial charge in [-0.25, -0.2) is 0 Å². The zero-order chi connectivity index (χ0) is 35.1. The Morgan fingerprint density at radius 3 is 2.15 bits per heavy atom. The molecule has 0 N–H and O–H groups in total. The van der Waals surface area contributed by atoms with Crippen LogP contribution in [0.2, 0.25) is 36.3 Å². The number of ether oxygens (including phenoxy) is 2. The van der Waals surface area contributed by atoms with Gasteiger partial charge in [0.05, 0.1) is 17.8 Å². The smallest absolute Gasteiger partial charge is 0.416 e. The molecule has 0 aliphatic heterocycles. The average molecular weight is 683 g/mol.